The lowest BCUT2D eigenvalue weighted by Crippen LogP contribution is -2.12. The van der Waals surface area contributed by atoms with Crippen LogP contribution in [0.3, 0.4) is 0 Å². The van der Waals surface area contributed by atoms with Gasteiger partial charge in [-0.05, 0) is 67.1 Å². The Morgan fingerprint density at radius 1 is 0.862 bits per heavy atom. The number of aliphatic imine (C=N–C) groups is 1. The lowest BCUT2D eigenvalue weighted by atomic mass is 9.95. The largest absolute Gasteiger partial charge is 0.383 e. The van der Waals surface area contributed by atoms with Crippen molar-refractivity contribution >= 4 is 22.4 Å². The van der Waals surface area contributed by atoms with E-state index < -0.39 is 0 Å². The van der Waals surface area contributed by atoms with Crippen LogP contribution >= 0.6 is 0 Å². The van der Waals surface area contributed by atoms with Gasteiger partial charge in [0.25, 0.3) is 0 Å². The number of fused-ring (bicyclic) bond motifs is 3. The number of aryl methyl sites for hydroxylation is 1. The smallest absolute Gasteiger partial charge is 0.131 e. The summed E-state index contributed by atoms with van der Waals surface area (Å²) < 4.78 is 2.51. The van der Waals surface area contributed by atoms with Crippen molar-refractivity contribution in [3.05, 3.63) is 101 Å². The third-order valence-corrected chi connectivity index (χ3v) is 5.86. The fraction of sp³-hybridized carbons (Fsp3) is 0.192. The van der Waals surface area contributed by atoms with E-state index in [4.69, 9.17) is 5.73 Å². The predicted molar refractivity (Wildman–Crippen MR) is 121 cm³/mol. The zero-order valence-corrected chi connectivity index (χ0v) is 16.5. The van der Waals surface area contributed by atoms with E-state index in [1.165, 1.54) is 40.6 Å². The molecule has 1 aliphatic rings. The number of amidine groups is 1. The highest BCUT2D eigenvalue weighted by atomic mass is 15.0. The number of nitrogens with two attached hydrogens (primary N) is 1. The summed E-state index contributed by atoms with van der Waals surface area (Å²) in [5, 5.41) is 1.33. The van der Waals surface area contributed by atoms with Gasteiger partial charge in [0.1, 0.15) is 5.84 Å². The highest BCUT2D eigenvalue weighted by molar-refractivity contribution is 6.02. The van der Waals surface area contributed by atoms with Gasteiger partial charge in [-0.15, -0.1) is 0 Å². The van der Waals surface area contributed by atoms with Gasteiger partial charge in [-0.2, -0.15) is 0 Å². The van der Waals surface area contributed by atoms with Gasteiger partial charge >= 0.3 is 0 Å². The summed E-state index contributed by atoms with van der Waals surface area (Å²) >= 11 is 0. The third kappa shape index (κ3) is 3.44. The average Bonchev–Trinajstić information content (AvgIpc) is 3.08. The number of nitrogens with zero attached hydrogens (tertiary/aromatic N) is 2. The molecule has 0 saturated carbocycles. The van der Waals surface area contributed by atoms with Crippen LogP contribution in [0.2, 0.25) is 0 Å². The number of hydrogen-bond acceptors (Lipinski definition) is 1. The summed E-state index contributed by atoms with van der Waals surface area (Å²) in [6.07, 6.45) is 4.82. The maximum atomic E-state index is 6.37. The summed E-state index contributed by atoms with van der Waals surface area (Å²) in [6.45, 7) is 0.916. The van der Waals surface area contributed by atoms with E-state index in [0.717, 1.165) is 30.6 Å². The number of benzene rings is 3. The lowest BCUT2D eigenvalue weighted by molar-refractivity contribution is 0.638. The second-order valence-electron chi connectivity index (χ2n) is 7.77. The Hall–Kier alpha value is -3.33. The first-order chi connectivity index (χ1) is 14.3. The van der Waals surface area contributed by atoms with Crippen LogP contribution in [0.1, 0.15) is 35.2 Å². The number of aromatic nitrogens is 1. The van der Waals surface area contributed by atoms with E-state index in [0.29, 0.717) is 5.84 Å². The summed E-state index contributed by atoms with van der Waals surface area (Å²) in [5.41, 5.74) is 13.9. The normalized spacial score (nSPS) is 14.1. The van der Waals surface area contributed by atoms with Gasteiger partial charge in [-0.3, -0.25) is 0 Å². The van der Waals surface area contributed by atoms with Crippen LogP contribution in [0.15, 0.2) is 83.9 Å². The monoisotopic (exact) mass is 379 g/mol. The highest BCUT2D eigenvalue weighted by Gasteiger charge is 2.20. The molecule has 4 aromatic rings. The molecule has 0 fully saturated rings. The van der Waals surface area contributed by atoms with Gasteiger partial charge in [0, 0.05) is 28.7 Å². The molecule has 3 aromatic carbocycles. The second-order valence-corrected chi connectivity index (χ2v) is 7.77. The van der Waals surface area contributed by atoms with Crippen molar-refractivity contribution in [3.63, 3.8) is 0 Å². The Kier molecular flexibility index (Phi) is 4.65. The van der Waals surface area contributed by atoms with Crippen molar-refractivity contribution in [1.82, 2.24) is 4.57 Å². The zero-order chi connectivity index (χ0) is 19.6. The first kappa shape index (κ1) is 17.7. The molecule has 0 saturated heterocycles. The summed E-state index contributed by atoms with van der Waals surface area (Å²) in [4.78, 5) is 4.61. The van der Waals surface area contributed by atoms with Gasteiger partial charge < -0.3 is 10.3 Å². The van der Waals surface area contributed by atoms with Gasteiger partial charge in [0.15, 0.2) is 0 Å². The molecular formula is C26H25N3. The van der Waals surface area contributed by atoms with Crippen LogP contribution in [-0.2, 0) is 19.4 Å². The molecular weight excluding hydrogens is 354 g/mol. The lowest BCUT2D eigenvalue weighted by Gasteiger charge is -2.16. The maximum absolute atomic E-state index is 6.37. The summed E-state index contributed by atoms with van der Waals surface area (Å²) in [5.74, 6) is 0.568. The van der Waals surface area contributed by atoms with E-state index in [1.807, 2.05) is 30.3 Å². The molecule has 1 aliphatic carbocycles. The van der Waals surface area contributed by atoms with E-state index in [-0.39, 0.29) is 0 Å². The molecule has 0 bridgehead atoms. The number of rotatable bonds is 4. The number of para-hydroxylation sites is 1. The van der Waals surface area contributed by atoms with Gasteiger partial charge in [0.2, 0.25) is 0 Å². The fourth-order valence-electron chi connectivity index (χ4n) is 4.45. The standard InChI is InChI=1S/C26H25N3/c27-26(28-21-11-5-2-6-12-21)20-15-16-25-23(17-20)22-13-7-8-14-24(22)29(25)18-19-9-3-1-4-10-19/h1-6,9-12,15-17H,7-8,13-14,18H2,(H2,27,28). The topological polar surface area (TPSA) is 43.3 Å². The van der Waals surface area contributed by atoms with E-state index in [1.54, 1.807) is 0 Å². The minimum Gasteiger partial charge on any atom is -0.383 e. The fourth-order valence-corrected chi connectivity index (χ4v) is 4.45. The van der Waals surface area contributed by atoms with E-state index >= 15 is 0 Å². The molecule has 2 N–H and O–H groups in total. The van der Waals surface area contributed by atoms with Crippen molar-refractivity contribution < 1.29 is 0 Å². The number of hydrogen-bond donors (Lipinski definition) is 1. The molecule has 0 aliphatic heterocycles. The second kappa shape index (κ2) is 7.59. The Bertz CT molecular complexity index is 1170. The quantitative estimate of drug-likeness (QED) is 0.364. The van der Waals surface area contributed by atoms with Gasteiger partial charge in [-0.25, -0.2) is 4.99 Å². The van der Waals surface area contributed by atoms with Gasteiger partial charge in [0.05, 0.1) is 5.69 Å². The molecule has 3 nitrogen and oxygen atoms in total. The predicted octanol–water partition coefficient (Wildman–Crippen LogP) is 5.61. The van der Waals surface area contributed by atoms with E-state index in [2.05, 4.69) is 58.1 Å². The molecule has 3 heteroatoms. The first-order valence-electron chi connectivity index (χ1n) is 10.4. The molecule has 1 heterocycles. The minimum atomic E-state index is 0.568. The Labute approximate surface area is 171 Å². The Morgan fingerprint density at radius 3 is 2.38 bits per heavy atom. The summed E-state index contributed by atoms with van der Waals surface area (Å²) in [7, 11) is 0. The Morgan fingerprint density at radius 2 is 1.59 bits per heavy atom. The average molecular weight is 380 g/mol. The molecule has 0 unspecified atom stereocenters. The van der Waals surface area contributed by atoms with Crippen LogP contribution in [0.25, 0.3) is 10.9 Å². The van der Waals surface area contributed by atoms with Crippen molar-refractivity contribution in [2.24, 2.45) is 10.7 Å². The SMILES string of the molecule is NC(=Nc1ccccc1)c1ccc2c(c1)c1c(n2Cc2ccccc2)CCCC1. The van der Waals surface area contributed by atoms with Crippen LogP contribution in [-0.4, -0.2) is 10.4 Å². The first-order valence-corrected chi connectivity index (χ1v) is 10.4. The maximum Gasteiger partial charge on any atom is 0.131 e. The highest BCUT2D eigenvalue weighted by Crippen LogP contribution is 2.33. The molecule has 1 aromatic heterocycles. The van der Waals surface area contributed by atoms with Crippen molar-refractivity contribution in [3.8, 4) is 0 Å². The van der Waals surface area contributed by atoms with Crippen molar-refractivity contribution in [2.75, 3.05) is 0 Å². The molecule has 0 spiro atoms. The molecule has 29 heavy (non-hydrogen) atoms. The van der Waals surface area contributed by atoms with Crippen LogP contribution in [0.4, 0.5) is 5.69 Å². The molecule has 0 atom stereocenters. The summed E-state index contributed by atoms with van der Waals surface area (Å²) in [6, 6.07) is 27.2. The molecule has 0 amide bonds. The van der Waals surface area contributed by atoms with E-state index in [9.17, 15) is 0 Å². The minimum absolute atomic E-state index is 0.568. The van der Waals surface area contributed by atoms with Crippen LogP contribution in [0.5, 0.6) is 0 Å². The molecule has 144 valence electrons. The van der Waals surface area contributed by atoms with Crippen molar-refractivity contribution in [1.29, 1.82) is 0 Å². The third-order valence-electron chi connectivity index (χ3n) is 5.86. The molecule has 5 rings (SSSR count). The van der Waals surface area contributed by atoms with Crippen LogP contribution < -0.4 is 5.73 Å². The van der Waals surface area contributed by atoms with Gasteiger partial charge in [-0.1, -0.05) is 48.5 Å². The zero-order valence-electron chi connectivity index (χ0n) is 16.5. The Balaban J connectivity index is 1.60. The molecule has 0 radical (unpaired) electrons. The van der Waals surface area contributed by atoms with Crippen LogP contribution in [0, 0.1) is 0 Å². The van der Waals surface area contributed by atoms with Crippen molar-refractivity contribution in [2.45, 2.75) is 32.2 Å².